The van der Waals surface area contributed by atoms with Crippen LogP contribution in [-0.2, 0) is 0 Å². The summed E-state index contributed by atoms with van der Waals surface area (Å²) in [5.74, 6) is 0.416. The molecule has 0 fully saturated rings. The maximum absolute atomic E-state index is 13.3. The second-order valence-corrected chi connectivity index (χ2v) is 7.34. The number of methoxy groups -OCH3 is 1. The third-order valence-electron chi connectivity index (χ3n) is 4.61. The first-order valence-electron chi connectivity index (χ1n) is 8.32. The van der Waals surface area contributed by atoms with Crippen LogP contribution in [0.25, 0.3) is 5.57 Å². The Morgan fingerprint density at radius 1 is 1.22 bits per heavy atom. The van der Waals surface area contributed by atoms with Crippen molar-refractivity contribution in [3.8, 4) is 5.75 Å². The van der Waals surface area contributed by atoms with E-state index in [1.54, 1.807) is 18.1 Å². The van der Waals surface area contributed by atoms with Gasteiger partial charge in [-0.1, -0.05) is 17.7 Å². The Bertz CT molecular complexity index is 982. The number of benzene rings is 2. The molecule has 0 saturated carbocycles. The van der Waals surface area contributed by atoms with Crippen LogP contribution in [0.3, 0.4) is 0 Å². The molecular formula is C20H19ClN2O4. The Labute approximate surface area is 162 Å². The Morgan fingerprint density at radius 2 is 1.93 bits per heavy atom. The highest BCUT2D eigenvalue weighted by molar-refractivity contribution is 6.33. The van der Waals surface area contributed by atoms with Crippen molar-refractivity contribution in [3.63, 3.8) is 0 Å². The number of hydrogen-bond donors (Lipinski definition) is 0. The van der Waals surface area contributed by atoms with E-state index in [1.165, 1.54) is 18.2 Å². The average molecular weight is 387 g/mol. The highest BCUT2D eigenvalue weighted by atomic mass is 35.5. The Hall–Kier alpha value is -2.86. The van der Waals surface area contributed by atoms with Gasteiger partial charge < -0.3 is 4.74 Å². The number of carbonyl (C=O) groups excluding carboxylic acids is 1. The van der Waals surface area contributed by atoms with Gasteiger partial charge in [0.05, 0.1) is 23.3 Å². The number of fused-ring (bicyclic) bond motifs is 1. The summed E-state index contributed by atoms with van der Waals surface area (Å²) >= 11 is 6.00. The fourth-order valence-electron chi connectivity index (χ4n) is 3.42. The molecule has 0 bridgehead atoms. The molecule has 1 amide bonds. The van der Waals surface area contributed by atoms with Crippen LogP contribution >= 0.6 is 11.6 Å². The third kappa shape index (κ3) is 3.28. The summed E-state index contributed by atoms with van der Waals surface area (Å²) in [6, 6.07) is 9.55. The van der Waals surface area contributed by atoms with Crippen molar-refractivity contribution in [1.29, 1.82) is 0 Å². The summed E-state index contributed by atoms with van der Waals surface area (Å²) < 4.78 is 5.30. The molecule has 0 N–H and O–H groups in total. The molecule has 0 aromatic heterocycles. The normalized spacial score (nSPS) is 15.0. The fourth-order valence-corrected chi connectivity index (χ4v) is 3.67. The molecule has 7 heteroatoms. The van der Waals surface area contributed by atoms with E-state index in [2.05, 4.69) is 0 Å². The second-order valence-electron chi connectivity index (χ2n) is 6.93. The van der Waals surface area contributed by atoms with Crippen LogP contribution in [0.4, 0.5) is 11.4 Å². The van der Waals surface area contributed by atoms with Crippen molar-refractivity contribution in [2.45, 2.75) is 26.3 Å². The van der Waals surface area contributed by atoms with Gasteiger partial charge in [0.25, 0.3) is 11.6 Å². The minimum Gasteiger partial charge on any atom is -0.497 e. The highest BCUT2D eigenvalue weighted by Crippen LogP contribution is 2.41. The van der Waals surface area contributed by atoms with E-state index in [0.717, 1.165) is 16.8 Å². The van der Waals surface area contributed by atoms with Crippen molar-refractivity contribution >= 4 is 34.5 Å². The summed E-state index contributed by atoms with van der Waals surface area (Å²) in [5, 5.41) is 10.9. The number of hydrogen-bond acceptors (Lipinski definition) is 4. The molecule has 0 saturated heterocycles. The minimum atomic E-state index is -0.586. The highest BCUT2D eigenvalue weighted by Gasteiger charge is 2.36. The first-order chi connectivity index (χ1) is 12.7. The number of nitro groups is 1. The molecule has 0 spiro atoms. The standard InChI is InChI=1S/C20H19ClN2O4/c1-12-11-20(2,3)22(17-8-6-14(27-4)10-15(12)17)19(24)13-5-7-18(23(25)26)16(21)9-13/h5-11H,1-4H3. The third-order valence-corrected chi connectivity index (χ3v) is 4.91. The largest absolute Gasteiger partial charge is 0.497 e. The number of rotatable bonds is 3. The van der Waals surface area contributed by atoms with Gasteiger partial charge >= 0.3 is 0 Å². The first-order valence-corrected chi connectivity index (χ1v) is 8.70. The zero-order chi connectivity index (χ0) is 19.9. The molecule has 0 atom stereocenters. The van der Waals surface area contributed by atoms with E-state index in [1.807, 2.05) is 39.0 Å². The van der Waals surface area contributed by atoms with Gasteiger partial charge in [0.2, 0.25) is 0 Å². The first kappa shape index (κ1) is 18.9. The molecule has 1 aliphatic heterocycles. The molecule has 1 aliphatic rings. The van der Waals surface area contributed by atoms with Crippen molar-refractivity contribution in [1.82, 2.24) is 0 Å². The van der Waals surface area contributed by atoms with Gasteiger partial charge in [0.15, 0.2) is 0 Å². The van der Waals surface area contributed by atoms with Crippen molar-refractivity contribution in [2.75, 3.05) is 12.0 Å². The lowest BCUT2D eigenvalue weighted by Gasteiger charge is -2.41. The average Bonchev–Trinajstić information content (AvgIpc) is 2.60. The quantitative estimate of drug-likeness (QED) is 0.543. The number of carbonyl (C=O) groups is 1. The Morgan fingerprint density at radius 3 is 2.52 bits per heavy atom. The lowest BCUT2D eigenvalue weighted by atomic mass is 9.88. The van der Waals surface area contributed by atoms with Gasteiger partial charge in [-0.3, -0.25) is 19.8 Å². The van der Waals surface area contributed by atoms with Gasteiger partial charge in [-0.15, -0.1) is 0 Å². The van der Waals surface area contributed by atoms with E-state index >= 15 is 0 Å². The van der Waals surface area contributed by atoms with Crippen LogP contribution in [0.2, 0.25) is 5.02 Å². The molecule has 2 aromatic carbocycles. The molecule has 0 radical (unpaired) electrons. The molecular weight excluding hydrogens is 368 g/mol. The van der Waals surface area contributed by atoms with Crippen molar-refractivity contribution in [2.24, 2.45) is 0 Å². The summed E-state index contributed by atoms with van der Waals surface area (Å²) in [6.45, 7) is 5.87. The monoisotopic (exact) mass is 386 g/mol. The number of anilines is 1. The number of nitrogens with zero attached hydrogens (tertiary/aromatic N) is 2. The Balaban J connectivity index is 2.11. The minimum absolute atomic E-state index is 0.0673. The van der Waals surface area contributed by atoms with Crippen LogP contribution in [0.5, 0.6) is 5.75 Å². The van der Waals surface area contributed by atoms with Gasteiger partial charge in [-0.25, -0.2) is 0 Å². The zero-order valence-corrected chi connectivity index (χ0v) is 16.2. The van der Waals surface area contributed by atoms with Gasteiger partial charge in [0.1, 0.15) is 10.8 Å². The molecule has 27 heavy (non-hydrogen) atoms. The van der Waals surface area contributed by atoms with Gasteiger partial charge in [-0.2, -0.15) is 0 Å². The van der Waals surface area contributed by atoms with Crippen LogP contribution in [0.1, 0.15) is 36.7 Å². The second kappa shape index (κ2) is 6.70. The smallest absolute Gasteiger partial charge is 0.287 e. The van der Waals surface area contributed by atoms with Crippen LogP contribution < -0.4 is 9.64 Å². The van der Waals surface area contributed by atoms with E-state index in [0.29, 0.717) is 5.75 Å². The fraction of sp³-hybridized carbons (Fsp3) is 0.250. The summed E-state index contributed by atoms with van der Waals surface area (Å²) in [6.07, 6.45) is 2.01. The number of halogens is 1. The van der Waals surface area contributed by atoms with Crippen LogP contribution in [-0.4, -0.2) is 23.5 Å². The van der Waals surface area contributed by atoms with E-state index in [4.69, 9.17) is 16.3 Å². The summed E-state index contributed by atoms with van der Waals surface area (Å²) in [7, 11) is 1.59. The number of ether oxygens (including phenoxy) is 1. The number of allylic oxidation sites excluding steroid dienone is 1. The van der Waals surface area contributed by atoms with E-state index in [9.17, 15) is 14.9 Å². The SMILES string of the molecule is COc1ccc2c(c1)C(C)=CC(C)(C)N2C(=O)c1ccc([N+](=O)[O-])c(Cl)c1. The maximum atomic E-state index is 13.3. The predicted molar refractivity (Wildman–Crippen MR) is 106 cm³/mol. The van der Waals surface area contributed by atoms with Gasteiger partial charge in [-0.05, 0) is 56.7 Å². The molecule has 140 valence electrons. The molecule has 1 heterocycles. The van der Waals surface area contributed by atoms with Crippen molar-refractivity contribution < 1.29 is 14.5 Å². The Kier molecular flexibility index (Phi) is 4.70. The van der Waals surface area contributed by atoms with E-state index in [-0.39, 0.29) is 22.2 Å². The molecule has 3 rings (SSSR count). The maximum Gasteiger partial charge on any atom is 0.287 e. The molecule has 0 aliphatic carbocycles. The topological polar surface area (TPSA) is 72.7 Å². The van der Waals surface area contributed by atoms with Crippen LogP contribution in [0.15, 0.2) is 42.5 Å². The van der Waals surface area contributed by atoms with Gasteiger partial charge in [0, 0.05) is 17.2 Å². The lowest BCUT2D eigenvalue weighted by Crippen LogP contribution is -2.49. The predicted octanol–water partition coefficient (Wildman–Crippen LogP) is 5.10. The molecule has 6 nitrogen and oxygen atoms in total. The summed E-state index contributed by atoms with van der Waals surface area (Å²) in [4.78, 5) is 25.4. The van der Waals surface area contributed by atoms with E-state index < -0.39 is 10.5 Å². The van der Waals surface area contributed by atoms with Crippen molar-refractivity contribution in [3.05, 3.63) is 68.7 Å². The summed E-state index contributed by atoms with van der Waals surface area (Å²) in [5.41, 5.74) is 2.16. The van der Waals surface area contributed by atoms with Crippen LogP contribution in [0, 0.1) is 10.1 Å². The number of amides is 1. The molecule has 0 unspecified atom stereocenters. The molecule has 2 aromatic rings. The lowest BCUT2D eigenvalue weighted by molar-refractivity contribution is -0.384. The zero-order valence-electron chi connectivity index (χ0n) is 15.4. The number of nitro benzene ring substituents is 1.